The molecule has 1 aromatic rings. The summed E-state index contributed by atoms with van der Waals surface area (Å²) in [5.74, 6) is 0.250. The highest BCUT2D eigenvalue weighted by atomic mass is 35.5. The molecule has 1 amide bonds. The van der Waals surface area contributed by atoms with Crippen LogP contribution < -0.4 is 10.5 Å². The van der Waals surface area contributed by atoms with Crippen LogP contribution in [0.15, 0.2) is 12.1 Å². The van der Waals surface area contributed by atoms with E-state index < -0.39 is 0 Å². The van der Waals surface area contributed by atoms with Crippen LogP contribution in [0.2, 0.25) is 15.1 Å². The number of nitrogens with zero attached hydrogens (tertiary/aromatic N) is 1. The van der Waals surface area contributed by atoms with Gasteiger partial charge in [-0.2, -0.15) is 0 Å². The van der Waals surface area contributed by atoms with Gasteiger partial charge in [0.05, 0.1) is 15.1 Å². The fourth-order valence-electron chi connectivity index (χ4n) is 2.43. The van der Waals surface area contributed by atoms with E-state index in [4.69, 9.17) is 45.3 Å². The van der Waals surface area contributed by atoms with Gasteiger partial charge in [-0.1, -0.05) is 48.7 Å². The molecule has 0 aromatic heterocycles. The Hall–Kier alpha value is -0.390. The number of halogens is 4. The van der Waals surface area contributed by atoms with Crippen molar-refractivity contribution in [2.24, 2.45) is 11.1 Å². The van der Waals surface area contributed by atoms with Crippen molar-refractivity contribution in [3.63, 3.8) is 0 Å². The normalized spacial score (nSPS) is 19.9. The van der Waals surface area contributed by atoms with E-state index in [1.54, 1.807) is 4.90 Å². The molecule has 1 aliphatic heterocycles. The third kappa shape index (κ3) is 5.04. The summed E-state index contributed by atoms with van der Waals surface area (Å²) in [6.07, 6.45) is 0.784. The fraction of sp³-hybridized carbons (Fsp3) is 0.533. The van der Waals surface area contributed by atoms with Crippen molar-refractivity contribution in [2.45, 2.75) is 26.3 Å². The van der Waals surface area contributed by atoms with Crippen LogP contribution in [0.1, 0.15) is 20.3 Å². The Morgan fingerprint density at radius 1 is 1.30 bits per heavy atom. The van der Waals surface area contributed by atoms with Crippen molar-refractivity contribution in [3.05, 3.63) is 27.2 Å². The summed E-state index contributed by atoms with van der Waals surface area (Å²) in [5, 5.41) is 0.999. The number of amides is 1. The van der Waals surface area contributed by atoms with Crippen LogP contribution in [-0.2, 0) is 4.79 Å². The molecule has 23 heavy (non-hydrogen) atoms. The quantitative estimate of drug-likeness (QED) is 0.777. The lowest BCUT2D eigenvalue weighted by Gasteiger charge is -2.42. The summed E-state index contributed by atoms with van der Waals surface area (Å²) >= 11 is 17.8. The molecule has 1 fully saturated rings. The average molecular weight is 402 g/mol. The first-order chi connectivity index (χ1) is 10.2. The molecule has 130 valence electrons. The number of benzene rings is 1. The molecule has 0 radical (unpaired) electrons. The summed E-state index contributed by atoms with van der Waals surface area (Å²) in [4.78, 5) is 14.1. The molecule has 0 spiro atoms. The molecular weight excluding hydrogens is 382 g/mol. The fourth-order valence-corrected chi connectivity index (χ4v) is 3.02. The topological polar surface area (TPSA) is 55.6 Å². The third-order valence-corrected chi connectivity index (χ3v) is 5.01. The second kappa shape index (κ2) is 8.13. The number of carbonyl (C=O) groups is 1. The summed E-state index contributed by atoms with van der Waals surface area (Å²) < 4.78 is 5.49. The Bertz CT molecular complexity index is 581. The van der Waals surface area contributed by atoms with Crippen molar-refractivity contribution >= 4 is 53.1 Å². The summed E-state index contributed by atoms with van der Waals surface area (Å²) in [7, 11) is 0. The SMILES string of the molecule is CC1(C)CN(C(=O)COc2cc(Cl)c(Cl)cc2Cl)CCC1N.Cl. The number of likely N-dealkylation sites (tertiary alicyclic amines) is 1. The Balaban J connectivity index is 0.00000264. The molecule has 8 heteroatoms. The zero-order chi connectivity index (χ0) is 16.5. The standard InChI is InChI=1S/C15H19Cl3N2O2.ClH/c1-15(2)8-20(4-3-13(15)19)14(21)7-22-12-6-10(17)9(16)5-11(12)18;/h5-6,13H,3-4,7-8,19H2,1-2H3;1H. The molecule has 0 saturated carbocycles. The summed E-state index contributed by atoms with van der Waals surface area (Å²) in [6, 6.07) is 3.10. The molecule has 4 nitrogen and oxygen atoms in total. The lowest BCUT2D eigenvalue weighted by molar-refractivity contribution is -0.136. The van der Waals surface area contributed by atoms with Gasteiger partial charge in [0.15, 0.2) is 6.61 Å². The number of rotatable bonds is 3. The molecule has 1 unspecified atom stereocenters. The second-order valence-electron chi connectivity index (χ2n) is 6.18. The van der Waals surface area contributed by atoms with Gasteiger partial charge in [-0.3, -0.25) is 4.79 Å². The van der Waals surface area contributed by atoms with Gasteiger partial charge in [0, 0.05) is 25.2 Å². The molecule has 0 aliphatic carbocycles. The Labute approximate surface area is 157 Å². The van der Waals surface area contributed by atoms with E-state index in [0.29, 0.717) is 33.9 Å². The number of carbonyl (C=O) groups excluding carboxylic acids is 1. The van der Waals surface area contributed by atoms with Crippen molar-refractivity contribution in [2.75, 3.05) is 19.7 Å². The summed E-state index contributed by atoms with van der Waals surface area (Å²) in [5.41, 5.74) is 5.97. The lowest BCUT2D eigenvalue weighted by atomic mass is 9.80. The van der Waals surface area contributed by atoms with Crippen molar-refractivity contribution in [1.82, 2.24) is 4.90 Å². The first kappa shape index (κ1) is 20.7. The van der Waals surface area contributed by atoms with Gasteiger partial charge in [-0.15, -0.1) is 12.4 Å². The Morgan fingerprint density at radius 3 is 2.52 bits per heavy atom. The van der Waals surface area contributed by atoms with Crippen molar-refractivity contribution in [1.29, 1.82) is 0 Å². The van der Waals surface area contributed by atoms with Gasteiger partial charge in [0.1, 0.15) is 5.75 Å². The van der Waals surface area contributed by atoms with Crippen molar-refractivity contribution in [3.8, 4) is 5.75 Å². The highest BCUT2D eigenvalue weighted by molar-refractivity contribution is 6.43. The van der Waals surface area contributed by atoms with Crippen LogP contribution in [0.3, 0.4) is 0 Å². The minimum atomic E-state index is -0.102. The molecule has 1 saturated heterocycles. The molecule has 1 aliphatic rings. The predicted octanol–water partition coefficient (Wildman–Crippen LogP) is 4.03. The molecule has 1 heterocycles. The largest absolute Gasteiger partial charge is 0.482 e. The van der Waals surface area contributed by atoms with Crippen LogP contribution in [0.5, 0.6) is 5.75 Å². The predicted molar refractivity (Wildman–Crippen MR) is 97.2 cm³/mol. The van der Waals surface area contributed by atoms with Crippen LogP contribution in [0, 0.1) is 5.41 Å². The minimum absolute atomic E-state index is 0. The molecular formula is C15H20Cl4N2O2. The highest BCUT2D eigenvalue weighted by Crippen LogP contribution is 2.34. The van der Waals surface area contributed by atoms with Gasteiger partial charge in [0.2, 0.25) is 0 Å². The van der Waals surface area contributed by atoms with Crippen molar-refractivity contribution < 1.29 is 9.53 Å². The number of hydrogen-bond donors (Lipinski definition) is 1. The van der Waals surface area contributed by atoms with Crippen LogP contribution in [-0.4, -0.2) is 36.5 Å². The first-order valence-electron chi connectivity index (χ1n) is 7.01. The summed E-state index contributed by atoms with van der Waals surface area (Å²) in [6.45, 7) is 5.29. The van der Waals surface area contributed by atoms with Gasteiger partial charge in [-0.05, 0) is 17.9 Å². The van der Waals surface area contributed by atoms with E-state index in [-0.39, 0.29) is 36.4 Å². The van der Waals surface area contributed by atoms with Gasteiger partial charge < -0.3 is 15.4 Å². The smallest absolute Gasteiger partial charge is 0.260 e. The molecule has 1 atom stereocenters. The molecule has 0 bridgehead atoms. The lowest BCUT2D eigenvalue weighted by Crippen LogP contribution is -2.54. The van der Waals surface area contributed by atoms with E-state index in [2.05, 4.69) is 13.8 Å². The monoisotopic (exact) mass is 400 g/mol. The highest BCUT2D eigenvalue weighted by Gasteiger charge is 2.35. The number of hydrogen-bond acceptors (Lipinski definition) is 3. The van der Waals surface area contributed by atoms with E-state index in [1.165, 1.54) is 12.1 Å². The maximum Gasteiger partial charge on any atom is 0.260 e. The van der Waals surface area contributed by atoms with E-state index in [9.17, 15) is 4.79 Å². The maximum absolute atomic E-state index is 12.3. The van der Waals surface area contributed by atoms with Crippen LogP contribution >= 0.6 is 47.2 Å². The number of ether oxygens (including phenoxy) is 1. The molecule has 1 aromatic carbocycles. The van der Waals surface area contributed by atoms with E-state index >= 15 is 0 Å². The Morgan fingerprint density at radius 2 is 1.91 bits per heavy atom. The zero-order valence-electron chi connectivity index (χ0n) is 12.9. The minimum Gasteiger partial charge on any atom is -0.482 e. The molecule has 2 rings (SSSR count). The van der Waals surface area contributed by atoms with Crippen LogP contribution in [0.4, 0.5) is 0 Å². The van der Waals surface area contributed by atoms with E-state index in [1.807, 2.05) is 0 Å². The first-order valence-corrected chi connectivity index (χ1v) is 8.15. The molecule has 2 N–H and O–H groups in total. The van der Waals surface area contributed by atoms with Gasteiger partial charge in [0.25, 0.3) is 5.91 Å². The Kier molecular flexibility index (Phi) is 7.30. The van der Waals surface area contributed by atoms with Gasteiger partial charge in [-0.25, -0.2) is 0 Å². The van der Waals surface area contributed by atoms with E-state index in [0.717, 1.165) is 6.42 Å². The maximum atomic E-state index is 12.3. The average Bonchev–Trinajstić information content (AvgIpc) is 2.44. The second-order valence-corrected chi connectivity index (χ2v) is 7.41. The number of nitrogens with two attached hydrogens (primary N) is 1. The number of piperidine rings is 1. The third-order valence-electron chi connectivity index (χ3n) is 3.99. The zero-order valence-corrected chi connectivity index (χ0v) is 16.0. The van der Waals surface area contributed by atoms with Gasteiger partial charge >= 0.3 is 0 Å². The van der Waals surface area contributed by atoms with Crippen LogP contribution in [0.25, 0.3) is 0 Å².